The SMILES string of the molecule is CC1(C)COC(c2cccc(OCCC(=O)O)c2)OC1. The first-order chi connectivity index (χ1) is 9.46. The van der Waals surface area contributed by atoms with E-state index in [4.69, 9.17) is 19.3 Å². The predicted octanol–water partition coefficient (Wildman–Crippen LogP) is 2.61. The Bertz CT molecular complexity index is 459. The molecule has 0 amide bonds. The fourth-order valence-corrected chi connectivity index (χ4v) is 1.89. The zero-order chi connectivity index (χ0) is 14.6. The molecule has 1 aromatic carbocycles. The van der Waals surface area contributed by atoms with E-state index in [0.29, 0.717) is 19.0 Å². The van der Waals surface area contributed by atoms with Crippen molar-refractivity contribution in [1.82, 2.24) is 0 Å². The van der Waals surface area contributed by atoms with Crippen LogP contribution < -0.4 is 4.74 Å². The molecule has 0 saturated carbocycles. The number of aliphatic carboxylic acids is 1. The van der Waals surface area contributed by atoms with Crippen molar-refractivity contribution in [3.8, 4) is 5.75 Å². The molecule has 1 heterocycles. The standard InChI is InChI=1S/C15H20O5/c1-15(2)9-19-14(20-10-15)11-4-3-5-12(8-11)18-7-6-13(16)17/h3-5,8,14H,6-7,9-10H2,1-2H3,(H,16,17). The zero-order valence-electron chi connectivity index (χ0n) is 11.8. The summed E-state index contributed by atoms with van der Waals surface area (Å²) in [6.45, 7) is 5.62. The summed E-state index contributed by atoms with van der Waals surface area (Å²) in [5.41, 5.74) is 0.917. The molecule has 1 aromatic rings. The van der Waals surface area contributed by atoms with Crippen LogP contribution in [0.2, 0.25) is 0 Å². The third-order valence-corrected chi connectivity index (χ3v) is 2.97. The van der Waals surface area contributed by atoms with Crippen LogP contribution in [-0.4, -0.2) is 30.9 Å². The zero-order valence-corrected chi connectivity index (χ0v) is 11.8. The van der Waals surface area contributed by atoms with Gasteiger partial charge >= 0.3 is 5.97 Å². The minimum atomic E-state index is -0.873. The Hall–Kier alpha value is -1.59. The van der Waals surface area contributed by atoms with E-state index in [1.807, 2.05) is 18.2 Å². The van der Waals surface area contributed by atoms with Crippen molar-refractivity contribution in [2.24, 2.45) is 5.41 Å². The third kappa shape index (κ3) is 4.21. The van der Waals surface area contributed by atoms with Crippen LogP contribution in [0.25, 0.3) is 0 Å². The quantitative estimate of drug-likeness (QED) is 0.898. The Morgan fingerprint density at radius 3 is 2.75 bits per heavy atom. The van der Waals surface area contributed by atoms with E-state index in [0.717, 1.165) is 5.56 Å². The third-order valence-electron chi connectivity index (χ3n) is 2.97. The predicted molar refractivity (Wildman–Crippen MR) is 72.6 cm³/mol. The molecule has 110 valence electrons. The van der Waals surface area contributed by atoms with E-state index in [9.17, 15) is 4.79 Å². The van der Waals surface area contributed by atoms with E-state index in [-0.39, 0.29) is 24.7 Å². The Labute approximate surface area is 118 Å². The van der Waals surface area contributed by atoms with E-state index in [1.165, 1.54) is 0 Å². The van der Waals surface area contributed by atoms with Crippen molar-refractivity contribution >= 4 is 5.97 Å². The van der Waals surface area contributed by atoms with Crippen molar-refractivity contribution in [2.45, 2.75) is 26.6 Å². The molecule has 0 bridgehead atoms. The molecule has 0 unspecified atom stereocenters. The van der Waals surface area contributed by atoms with E-state index >= 15 is 0 Å². The van der Waals surface area contributed by atoms with Crippen LogP contribution in [0, 0.1) is 5.41 Å². The molecule has 5 heteroatoms. The molecule has 0 atom stereocenters. The number of rotatable bonds is 5. The van der Waals surface area contributed by atoms with E-state index < -0.39 is 5.97 Å². The van der Waals surface area contributed by atoms with Crippen molar-refractivity contribution < 1.29 is 24.1 Å². The highest BCUT2D eigenvalue weighted by molar-refractivity contribution is 5.66. The van der Waals surface area contributed by atoms with Gasteiger partial charge in [-0.1, -0.05) is 26.0 Å². The monoisotopic (exact) mass is 280 g/mol. The number of hydrogen-bond acceptors (Lipinski definition) is 4. The lowest BCUT2D eigenvalue weighted by atomic mass is 9.95. The Balaban J connectivity index is 1.94. The number of ether oxygens (including phenoxy) is 3. The fraction of sp³-hybridized carbons (Fsp3) is 0.533. The summed E-state index contributed by atoms with van der Waals surface area (Å²) in [5.74, 6) is -0.247. The van der Waals surface area contributed by atoms with Gasteiger partial charge in [0.05, 0.1) is 26.2 Å². The van der Waals surface area contributed by atoms with Gasteiger partial charge < -0.3 is 19.3 Å². The highest BCUT2D eigenvalue weighted by atomic mass is 16.7. The first kappa shape index (κ1) is 14.8. The molecule has 1 N–H and O–H groups in total. The molecule has 1 aliphatic heterocycles. The van der Waals surface area contributed by atoms with Gasteiger partial charge in [-0.3, -0.25) is 4.79 Å². The second kappa shape index (κ2) is 6.24. The summed E-state index contributed by atoms with van der Waals surface area (Å²) in [7, 11) is 0. The van der Waals surface area contributed by atoms with Crippen LogP contribution in [-0.2, 0) is 14.3 Å². The lowest BCUT2D eigenvalue weighted by Crippen LogP contribution is -2.33. The minimum Gasteiger partial charge on any atom is -0.493 e. The van der Waals surface area contributed by atoms with Gasteiger partial charge in [0, 0.05) is 11.0 Å². The molecule has 0 aliphatic carbocycles. The Morgan fingerprint density at radius 2 is 2.10 bits per heavy atom. The number of hydrogen-bond donors (Lipinski definition) is 1. The first-order valence-corrected chi connectivity index (χ1v) is 6.64. The van der Waals surface area contributed by atoms with Crippen LogP contribution >= 0.6 is 0 Å². The van der Waals surface area contributed by atoms with Crippen LogP contribution in [0.15, 0.2) is 24.3 Å². The van der Waals surface area contributed by atoms with Crippen LogP contribution in [0.4, 0.5) is 0 Å². The fourth-order valence-electron chi connectivity index (χ4n) is 1.89. The van der Waals surface area contributed by atoms with Gasteiger partial charge in [0.1, 0.15) is 5.75 Å². The Kier molecular flexibility index (Phi) is 4.62. The average Bonchev–Trinajstić information content (AvgIpc) is 2.38. The molecule has 0 radical (unpaired) electrons. The number of carboxylic acid groups (broad SMARTS) is 1. The normalized spacial score (nSPS) is 18.7. The van der Waals surface area contributed by atoms with Gasteiger partial charge in [-0.2, -0.15) is 0 Å². The minimum absolute atomic E-state index is 0.0190. The van der Waals surface area contributed by atoms with Crippen LogP contribution in [0.3, 0.4) is 0 Å². The summed E-state index contributed by atoms with van der Waals surface area (Å²) in [6, 6.07) is 7.37. The van der Waals surface area contributed by atoms with Crippen molar-refractivity contribution in [3.05, 3.63) is 29.8 Å². The number of benzene rings is 1. The second-order valence-corrected chi connectivity index (χ2v) is 5.68. The Morgan fingerprint density at radius 1 is 1.40 bits per heavy atom. The maximum Gasteiger partial charge on any atom is 0.306 e. The average molecular weight is 280 g/mol. The maximum atomic E-state index is 10.4. The largest absolute Gasteiger partial charge is 0.493 e. The van der Waals surface area contributed by atoms with Crippen molar-refractivity contribution in [3.63, 3.8) is 0 Å². The summed E-state index contributed by atoms with van der Waals surface area (Å²) < 4.78 is 16.8. The molecule has 1 aliphatic rings. The van der Waals surface area contributed by atoms with Gasteiger partial charge in [-0.25, -0.2) is 0 Å². The van der Waals surface area contributed by atoms with Crippen molar-refractivity contribution in [2.75, 3.05) is 19.8 Å². The maximum absolute atomic E-state index is 10.4. The lowest BCUT2D eigenvalue weighted by Gasteiger charge is -2.34. The molecule has 1 fully saturated rings. The number of carboxylic acids is 1. The summed E-state index contributed by atoms with van der Waals surface area (Å²) in [4.78, 5) is 10.4. The number of carbonyl (C=O) groups is 1. The van der Waals surface area contributed by atoms with Gasteiger partial charge in [0.25, 0.3) is 0 Å². The smallest absolute Gasteiger partial charge is 0.306 e. The second-order valence-electron chi connectivity index (χ2n) is 5.68. The van der Waals surface area contributed by atoms with Gasteiger partial charge in [-0.15, -0.1) is 0 Å². The summed E-state index contributed by atoms with van der Waals surface area (Å²) in [6.07, 6.45) is -0.402. The molecule has 20 heavy (non-hydrogen) atoms. The molecular formula is C15H20O5. The summed E-state index contributed by atoms with van der Waals surface area (Å²) in [5, 5.41) is 8.58. The highest BCUT2D eigenvalue weighted by Crippen LogP contribution is 2.32. The highest BCUT2D eigenvalue weighted by Gasteiger charge is 2.29. The molecule has 5 nitrogen and oxygen atoms in total. The first-order valence-electron chi connectivity index (χ1n) is 6.64. The molecule has 0 spiro atoms. The lowest BCUT2D eigenvalue weighted by molar-refractivity contribution is -0.226. The molecule has 1 saturated heterocycles. The van der Waals surface area contributed by atoms with Crippen LogP contribution in [0.5, 0.6) is 5.75 Å². The van der Waals surface area contributed by atoms with Gasteiger partial charge in [0.2, 0.25) is 0 Å². The van der Waals surface area contributed by atoms with Crippen molar-refractivity contribution in [1.29, 1.82) is 0 Å². The van der Waals surface area contributed by atoms with E-state index in [1.54, 1.807) is 6.07 Å². The van der Waals surface area contributed by atoms with Gasteiger partial charge in [0.15, 0.2) is 6.29 Å². The molecule has 0 aromatic heterocycles. The topological polar surface area (TPSA) is 65.0 Å². The molecule has 2 rings (SSSR count). The summed E-state index contributed by atoms with van der Waals surface area (Å²) >= 11 is 0. The van der Waals surface area contributed by atoms with Gasteiger partial charge in [-0.05, 0) is 12.1 Å². The molecular weight excluding hydrogens is 260 g/mol. The van der Waals surface area contributed by atoms with Crippen LogP contribution in [0.1, 0.15) is 32.1 Å². The van der Waals surface area contributed by atoms with E-state index in [2.05, 4.69) is 13.8 Å².